The number of amides is 1. The first-order valence-electron chi connectivity index (χ1n) is 7.38. The van der Waals surface area contributed by atoms with Gasteiger partial charge in [-0.1, -0.05) is 6.42 Å². The molecule has 0 aliphatic rings. The van der Waals surface area contributed by atoms with E-state index < -0.39 is 15.8 Å². The Kier molecular flexibility index (Phi) is 5.89. The molecular formula is C15H18N2O5S2. The van der Waals surface area contributed by atoms with Gasteiger partial charge in [0.15, 0.2) is 0 Å². The quantitative estimate of drug-likeness (QED) is 0.688. The molecule has 0 fully saturated rings. The number of sulfone groups is 1. The first-order valence-corrected chi connectivity index (χ1v) is 10.1. The molecule has 0 saturated carbocycles. The Morgan fingerprint density at radius 2 is 2.00 bits per heavy atom. The largest absolute Gasteiger partial charge is 0.481 e. The van der Waals surface area contributed by atoms with Crippen molar-refractivity contribution < 1.29 is 23.1 Å². The third kappa shape index (κ3) is 5.00. The first-order chi connectivity index (χ1) is 11.3. The number of aromatic nitrogens is 1. The fourth-order valence-electron chi connectivity index (χ4n) is 2.09. The van der Waals surface area contributed by atoms with Crippen molar-refractivity contribution in [2.45, 2.75) is 30.0 Å². The molecule has 0 atom stereocenters. The lowest BCUT2D eigenvalue weighted by Crippen LogP contribution is -2.24. The van der Waals surface area contributed by atoms with Crippen molar-refractivity contribution in [2.24, 2.45) is 0 Å². The summed E-state index contributed by atoms with van der Waals surface area (Å²) in [7, 11) is -3.36. The van der Waals surface area contributed by atoms with Crippen LogP contribution in [0, 0.1) is 0 Å². The minimum absolute atomic E-state index is 0.0356. The van der Waals surface area contributed by atoms with E-state index in [2.05, 4.69) is 10.3 Å². The normalized spacial score (nSPS) is 11.5. The predicted molar refractivity (Wildman–Crippen MR) is 91.2 cm³/mol. The first kappa shape index (κ1) is 18.3. The minimum Gasteiger partial charge on any atom is -0.481 e. The summed E-state index contributed by atoms with van der Waals surface area (Å²) < 4.78 is 23.7. The standard InChI is InChI=1S/C15H18N2O5S2/c1-24(21,22)15-17-11-7-6-10(9-12(11)23-15)14(20)16-8-4-2-3-5-13(18)19/h6-7,9H,2-5,8H2,1H3,(H,16,20)(H,18,19). The zero-order valence-electron chi connectivity index (χ0n) is 13.1. The number of carbonyl (C=O) groups excluding carboxylic acids is 1. The number of unbranched alkanes of at least 4 members (excludes halogenated alkanes) is 2. The Morgan fingerprint density at radius 3 is 2.67 bits per heavy atom. The van der Waals surface area contributed by atoms with Gasteiger partial charge in [-0.2, -0.15) is 0 Å². The highest BCUT2D eigenvalue weighted by atomic mass is 32.2. The van der Waals surface area contributed by atoms with Gasteiger partial charge in [-0.15, -0.1) is 11.3 Å². The molecule has 24 heavy (non-hydrogen) atoms. The molecule has 2 N–H and O–H groups in total. The van der Waals surface area contributed by atoms with Crippen LogP contribution in [0.3, 0.4) is 0 Å². The molecule has 1 amide bonds. The number of nitrogens with one attached hydrogen (secondary N) is 1. The Morgan fingerprint density at radius 1 is 1.25 bits per heavy atom. The summed E-state index contributed by atoms with van der Waals surface area (Å²) >= 11 is 1.04. The van der Waals surface area contributed by atoms with Gasteiger partial charge in [-0.25, -0.2) is 13.4 Å². The van der Waals surface area contributed by atoms with Crippen molar-refractivity contribution in [3.05, 3.63) is 23.8 Å². The summed E-state index contributed by atoms with van der Waals surface area (Å²) in [4.78, 5) is 26.5. The molecule has 1 heterocycles. The Hall–Kier alpha value is -2.00. The molecule has 0 radical (unpaired) electrons. The van der Waals surface area contributed by atoms with Crippen LogP contribution in [-0.2, 0) is 14.6 Å². The third-order valence-corrected chi connectivity index (χ3v) is 6.00. The lowest BCUT2D eigenvalue weighted by molar-refractivity contribution is -0.137. The second-order valence-corrected chi connectivity index (χ2v) is 8.61. The molecule has 1 aromatic carbocycles. The minimum atomic E-state index is -3.36. The van der Waals surface area contributed by atoms with E-state index in [9.17, 15) is 18.0 Å². The zero-order valence-corrected chi connectivity index (χ0v) is 14.7. The van der Waals surface area contributed by atoms with E-state index in [4.69, 9.17) is 5.11 Å². The monoisotopic (exact) mass is 370 g/mol. The van der Waals surface area contributed by atoms with E-state index in [-0.39, 0.29) is 16.7 Å². The van der Waals surface area contributed by atoms with E-state index >= 15 is 0 Å². The van der Waals surface area contributed by atoms with Crippen molar-refractivity contribution in [3.63, 3.8) is 0 Å². The van der Waals surface area contributed by atoms with Crippen molar-refractivity contribution in [2.75, 3.05) is 12.8 Å². The number of nitrogens with zero attached hydrogens (tertiary/aromatic N) is 1. The van der Waals surface area contributed by atoms with Gasteiger partial charge in [-0.3, -0.25) is 9.59 Å². The molecule has 0 aliphatic carbocycles. The summed E-state index contributed by atoms with van der Waals surface area (Å²) in [5, 5.41) is 11.3. The van der Waals surface area contributed by atoms with Gasteiger partial charge in [0.25, 0.3) is 5.91 Å². The second-order valence-electron chi connectivity index (χ2n) is 5.39. The molecule has 9 heteroatoms. The van der Waals surface area contributed by atoms with Crippen LogP contribution in [0.25, 0.3) is 10.2 Å². The molecule has 0 unspecified atom stereocenters. The third-order valence-electron chi connectivity index (χ3n) is 3.30. The Balaban J connectivity index is 1.94. The summed E-state index contributed by atoms with van der Waals surface area (Å²) in [6, 6.07) is 4.86. The summed E-state index contributed by atoms with van der Waals surface area (Å²) in [6.07, 6.45) is 3.27. The van der Waals surface area contributed by atoms with Gasteiger partial charge < -0.3 is 10.4 Å². The van der Waals surface area contributed by atoms with Gasteiger partial charge >= 0.3 is 5.97 Å². The number of carboxylic acids is 1. The maximum atomic E-state index is 12.1. The van der Waals surface area contributed by atoms with E-state index in [0.717, 1.165) is 24.0 Å². The molecule has 0 bridgehead atoms. The molecule has 7 nitrogen and oxygen atoms in total. The lowest BCUT2D eigenvalue weighted by Gasteiger charge is -2.05. The van der Waals surface area contributed by atoms with Gasteiger partial charge in [0, 0.05) is 24.8 Å². The smallest absolute Gasteiger partial charge is 0.303 e. The highest BCUT2D eigenvalue weighted by molar-refractivity contribution is 7.92. The van der Waals surface area contributed by atoms with Crippen molar-refractivity contribution in [1.82, 2.24) is 10.3 Å². The van der Waals surface area contributed by atoms with Crippen LogP contribution in [0.2, 0.25) is 0 Å². The Labute approximate surface area is 143 Å². The van der Waals surface area contributed by atoms with Crippen LogP contribution < -0.4 is 5.32 Å². The zero-order chi connectivity index (χ0) is 17.7. The summed E-state index contributed by atoms with van der Waals surface area (Å²) in [5.41, 5.74) is 0.988. The average Bonchev–Trinajstić information content (AvgIpc) is 2.93. The highest BCUT2D eigenvalue weighted by Gasteiger charge is 2.15. The molecule has 0 aliphatic heterocycles. The van der Waals surface area contributed by atoms with Crippen LogP contribution in [-0.4, -0.2) is 43.2 Å². The Bertz CT molecular complexity index is 858. The van der Waals surface area contributed by atoms with Crippen LogP contribution in [0.15, 0.2) is 22.5 Å². The molecule has 130 valence electrons. The van der Waals surface area contributed by atoms with Crippen molar-refractivity contribution in [3.8, 4) is 0 Å². The number of rotatable bonds is 8. The van der Waals surface area contributed by atoms with Crippen molar-refractivity contribution in [1.29, 1.82) is 0 Å². The van der Waals surface area contributed by atoms with Crippen LogP contribution in [0.1, 0.15) is 36.0 Å². The van der Waals surface area contributed by atoms with Gasteiger partial charge in [0.2, 0.25) is 14.2 Å². The number of hydrogen-bond acceptors (Lipinski definition) is 6. The molecule has 0 spiro atoms. The molecule has 1 aromatic heterocycles. The molecule has 2 aromatic rings. The molecular weight excluding hydrogens is 352 g/mol. The molecule has 2 rings (SSSR count). The number of carboxylic acid groups (broad SMARTS) is 1. The number of thiazole rings is 1. The second kappa shape index (κ2) is 7.71. The van der Waals surface area contributed by atoms with Crippen LogP contribution in [0.5, 0.6) is 0 Å². The lowest BCUT2D eigenvalue weighted by atomic mass is 10.2. The SMILES string of the molecule is CS(=O)(=O)c1nc2ccc(C(=O)NCCCCCC(=O)O)cc2s1. The average molecular weight is 370 g/mol. The number of carbonyl (C=O) groups is 2. The van der Waals surface area contributed by atoms with Crippen molar-refractivity contribution >= 4 is 43.3 Å². The maximum absolute atomic E-state index is 12.1. The van der Waals surface area contributed by atoms with Gasteiger partial charge in [-0.05, 0) is 31.0 Å². The van der Waals surface area contributed by atoms with E-state index in [1.807, 2.05) is 0 Å². The highest BCUT2D eigenvalue weighted by Crippen LogP contribution is 2.26. The van der Waals surface area contributed by atoms with Crippen LogP contribution in [0.4, 0.5) is 0 Å². The number of benzene rings is 1. The van der Waals surface area contributed by atoms with Gasteiger partial charge in [0.05, 0.1) is 10.2 Å². The molecule has 0 saturated heterocycles. The van der Waals surface area contributed by atoms with Crippen LogP contribution >= 0.6 is 11.3 Å². The maximum Gasteiger partial charge on any atom is 0.303 e. The van der Waals surface area contributed by atoms with E-state index in [1.165, 1.54) is 0 Å². The number of aliphatic carboxylic acids is 1. The number of hydrogen-bond donors (Lipinski definition) is 2. The van der Waals surface area contributed by atoms with Gasteiger partial charge in [0.1, 0.15) is 0 Å². The number of fused-ring (bicyclic) bond motifs is 1. The fourth-order valence-corrected chi connectivity index (χ4v) is 3.96. The fraction of sp³-hybridized carbons (Fsp3) is 0.400. The predicted octanol–water partition coefficient (Wildman–Crippen LogP) is 2.07. The van der Waals surface area contributed by atoms with E-state index in [1.54, 1.807) is 18.2 Å². The summed E-state index contributed by atoms with van der Waals surface area (Å²) in [5.74, 6) is -1.06. The van der Waals surface area contributed by atoms with E-state index in [0.29, 0.717) is 35.2 Å². The summed E-state index contributed by atoms with van der Waals surface area (Å²) in [6.45, 7) is 0.466. The topological polar surface area (TPSA) is 113 Å².